The fourth-order valence-electron chi connectivity index (χ4n) is 1.92. The van der Waals surface area contributed by atoms with Gasteiger partial charge in [0.05, 0.1) is 0 Å². The average molecular weight is 253 g/mol. The summed E-state index contributed by atoms with van der Waals surface area (Å²) in [5, 5.41) is 0. The Labute approximate surface area is 106 Å². The zero-order chi connectivity index (χ0) is 13.7. The van der Waals surface area contributed by atoms with Crippen LogP contribution in [-0.4, -0.2) is 24.2 Å². The predicted octanol–water partition coefficient (Wildman–Crippen LogP) is 0.105. The molecule has 1 aromatic heterocycles. The molecule has 100 valence electrons. The van der Waals surface area contributed by atoms with Gasteiger partial charge in [-0.25, -0.2) is 5.84 Å². The first-order chi connectivity index (χ1) is 8.52. The van der Waals surface area contributed by atoms with Crippen molar-refractivity contribution in [2.24, 2.45) is 5.84 Å². The maximum absolute atomic E-state index is 12.2. The topological polar surface area (TPSA) is 86.3 Å². The maximum Gasteiger partial charge on any atom is 0.271 e. The monoisotopic (exact) mass is 253 g/mol. The molecule has 0 aromatic carbocycles. The minimum Gasteiger partial charge on any atom is -0.385 e. The number of amides is 1. The van der Waals surface area contributed by atoms with Gasteiger partial charge in [0, 0.05) is 26.0 Å². The molecule has 1 aromatic rings. The van der Waals surface area contributed by atoms with Crippen molar-refractivity contribution in [2.75, 3.05) is 13.7 Å². The molecule has 0 radical (unpaired) electrons. The van der Waals surface area contributed by atoms with E-state index in [0.29, 0.717) is 25.1 Å². The largest absolute Gasteiger partial charge is 0.385 e. The van der Waals surface area contributed by atoms with Crippen LogP contribution in [-0.2, 0) is 11.3 Å². The van der Waals surface area contributed by atoms with Crippen LogP contribution in [0.3, 0.4) is 0 Å². The van der Waals surface area contributed by atoms with Gasteiger partial charge in [-0.15, -0.1) is 0 Å². The summed E-state index contributed by atoms with van der Waals surface area (Å²) >= 11 is 0. The van der Waals surface area contributed by atoms with Gasteiger partial charge in [0.15, 0.2) is 0 Å². The summed E-state index contributed by atoms with van der Waals surface area (Å²) in [7, 11) is 1.61. The van der Waals surface area contributed by atoms with Gasteiger partial charge in [-0.05, 0) is 31.9 Å². The first-order valence-electron chi connectivity index (χ1n) is 5.73. The number of hydrogen-bond acceptors (Lipinski definition) is 4. The quantitative estimate of drug-likeness (QED) is 0.337. The first-order valence-corrected chi connectivity index (χ1v) is 5.73. The van der Waals surface area contributed by atoms with Crippen molar-refractivity contribution >= 4 is 5.91 Å². The molecule has 18 heavy (non-hydrogen) atoms. The van der Waals surface area contributed by atoms with E-state index in [-0.39, 0.29) is 11.1 Å². The zero-order valence-electron chi connectivity index (χ0n) is 10.9. The molecule has 0 saturated carbocycles. The Bertz CT molecular complexity index is 494. The Hall–Kier alpha value is -1.66. The number of carbonyl (C=O) groups excluding carboxylic acids is 1. The van der Waals surface area contributed by atoms with Crippen LogP contribution in [0.25, 0.3) is 0 Å². The first kappa shape index (κ1) is 14.4. The van der Waals surface area contributed by atoms with E-state index in [9.17, 15) is 9.59 Å². The number of nitrogen functional groups attached to an aromatic ring is 1. The summed E-state index contributed by atoms with van der Waals surface area (Å²) in [5.74, 6) is 4.53. The summed E-state index contributed by atoms with van der Waals surface area (Å²) in [4.78, 5) is 23.8. The van der Waals surface area contributed by atoms with E-state index >= 15 is 0 Å². The van der Waals surface area contributed by atoms with Gasteiger partial charge in [0.25, 0.3) is 11.5 Å². The molecule has 6 heteroatoms. The number of nitrogens with one attached hydrogen (secondary N) is 1. The number of nitrogens with zero attached hydrogens (tertiary/aromatic N) is 1. The molecule has 0 aliphatic carbocycles. The van der Waals surface area contributed by atoms with Gasteiger partial charge < -0.3 is 9.30 Å². The third kappa shape index (κ3) is 2.96. The Morgan fingerprint density at radius 2 is 2.17 bits per heavy atom. The minimum atomic E-state index is -0.557. The Balaban J connectivity index is 3.19. The van der Waals surface area contributed by atoms with E-state index < -0.39 is 5.91 Å². The van der Waals surface area contributed by atoms with E-state index in [0.717, 1.165) is 5.69 Å². The second-order valence-electron chi connectivity index (χ2n) is 4.12. The van der Waals surface area contributed by atoms with Crippen molar-refractivity contribution in [3.63, 3.8) is 0 Å². The lowest BCUT2D eigenvalue weighted by molar-refractivity contribution is 0.0950. The fourth-order valence-corrected chi connectivity index (χ4v) is 1.92. The number of hydrogen-bond donors (Lipinski definition) is 2. The highest BCUT2D eigenvalue weighted by Crippen LogP contribution is 2.06. The van der Waals surface area contributed by atoms with Crippen LogP contribution in [0.2, 0.25) is 0 Å². The van der Waals surface area contributed by atoms with Gasteiger partial charge in [0.1, 0.15) is 5.56 Å². The van der Waals surface area contributed by atoms with Crippen LogP contribution in [0.4, 0.5) is 0 Å². The smallest absolute Gasteiger partial charge is 0.271 e. The van der Waals surface area contributed by atoms with Gasteiger partial charge in [0.2, 0.25) is 0 Å². The lowest BCUT2D eigenvalue weighted by atomic mass is 10.1. The van der Waals surface area contributed by atoms with Crippen LogP contribution in [0, 0.1) is 13.8 Å². The van der Waals surface area contributed by atoms with E-state index in [1.165, 1.54) is 0 Å². The Morgan fingerprint density at radius 1 is 1.50 bits per heavy atom. The lowest BCUT2D eigenvalue weighted by Gasteiger charge is -2.13. The van der Waals surface area contributed by atoms with E-state index in [4.69, 9.17) is 10.6 Å². The highest BCUT2D eigenvalue weighted by molar-refractivity contribution is 5.94. The molecule has 0 atom stereocenters. The van der Waals surface area contributed by atoms with Crippen LogP contribution >= 0.6 is 0 Å². The molecule has 6 nitrogen and oxygen atoms in total. The van der Waals surface area contributed by atoms with E-state index in [1.807, 2.05) is 12.3 Å². The number of pyridine rings is 1. The van der Waals surface area contributed by atoms with E-state index in [2.05, 4.69) is 0 Å². The third-order valence-corrected chi connectivity index (χ3v) is 2.79. The Morgan fingerprint density at radius 3 is 2.72 bits per heavy atom. The van der Waals surface area contributed by atoms with Crippen molar-refractivity contribution in [3.05, 3.63) is 33.2 Å². The molecule has 1 amide bonds. The van der Waals surface area contributed by atoms with E-state index in [1.54, 1.807) is 24.7 Å². The molecule has 0 spiro atoms. The van der Waals surface area contributed by atoms with Crippen molar-refractivity contribution in [2.45, 2.75) is 26.8 Å². The minimum absolute atomic E-state index is 0.0977. The van der Waals surface area contributed by atoms with Crippen molar-refractivity contribution in [1.29, 1.82) is 0 Å². The van der Waals surface area contributed by atoms with Gasteiger partial charge in [-0.3, -0.25) is 15.0 Å². The molecule has 0 aliphatic rings. The highest BCUT2D eigenvalue weighted by atomic mass is 16.5. The Kier molecular flexibility index (Phi) is 5.06. The van der Waals surface area contributed by atoms with Gasteiger partial charge in [-0.1, -0.05) is 0 Å². The molecule has 1 rings (SSSR count). The van der Waals surface area contributed by atoms with Crippen LogP contribution < -0.4 is 16.8 Å². The van der Waals surface area contributed by atoms with Gasteiger partial charge >= 0.3 is 0 Å². The normalized spacial score (nSPS) is 10.4. The molecule has 1 heterocycles. The molecular formula is C12H19N3O3. The zero-order valence-corrected chi connectivity index (χ0v) is 10.9. The van der Waals surface area contributed by atoms with Crippen molar-refractivity contribution in [1.82, 2.24) is 9.99 Å². The summed E-state index contributed by atoms with van der Waals surface area (Å²) in [6.07, 6.45) is 0.712. The summed E-state index contributed by atoms with van der Waals surface area (Å²) < 4.78 is 6.52. The van der Waals surface area contributed by atoms with Crippen molar-refractivity contribution < 1.29 is 9.53 Å². The molecule has 0 fully saturated rings. The maximum atomic E-state index is 12.2. The lowest BCUT2D eigenvalue weighted by Crippen LogP contribution is -2.38. The number of nitrogens with two attached hydrogens (primary N) is 1. The number of rotatable bonds is 5. The third-order valence-electron chi connectivity index (χ3n) is 2.79. The second-order valence-corrected chi connectivity index (χ2v) is 4.12. The second kappa shape index (κ2) is 6.32. The number of aryl methyl sites for hydroxylation is 2. The standard InChI is InChI=1S/C12H19N3O3/c1-8-7-9(2)15(5-4-6-18-3)12(17)10(8)11(16)14-13/h7H,4-6,13H2,1-3H3,(H,14,16). The molecule has 0 bridgehead atoms. The SMILES string of the molecule is COCCCn1c(C)cc(C)c(C(=O)NN)c1=O. The number of carbonyl (C=O) groups is 1. The molecule has 0 aliphatic heterocycles. The number of hydrazine groups is 1. The predicted molar refractivity (Wildman–Crippen MR) is 68.3 cm³/mol. The molecule has 0 saturated heterocycles. The number of ether oxygens (including phenoxy) is 1. The summed E-state index contributed by atoms with van der Waals surface area (Å²) in [6.45, 7) is 4.64. The van der Waals surface area contributed by atoms with Crippen LogP contribution in [0.15, 0.2) is 10.9 Å². The van der Waals surface area contributed by atoms with Crippen molar-refractivity contribution in [3.8, 4) is 0 Å². The van der Waals surface area contributed by atoms with Crippen LogP contribution in [0.1, 0.15) is 28.0 Å². The molecule has 0 unspecified atom stereocenters. The summed E-state index contributed by atoms with van der Waals surface area (Å²) in [5.41, 5.74) is 3.23. The summed E-state index contributed by atoms with van der Waals surface area (Å²) in [6, 6.07) is 1.80. The number of aromatic nitrogens is 1. The fraction of sp³-hybridized carbons (Fsp3) is 0.500. The van der Waals surface area contributed by atoms with Gasteiger partial charge in [-0.2, -0.15) is 0 Å². The van der Waals surface area contributed by atoms with Crippen LogP contribution in [0.5, 0.6) is 0 Å². The molecule has 3 N–H and O–H groups in total. The average Bonchev–Trinajstić information content (AvgIpc) is 2.32. The molecular weight excluding hydrogens is 234 g/mol. The highest BCUT2D eigenvalue weighted by Gasteiger charge is 2.16. The number of methoxy groups -OCH3 is 1.